The van der Waals surface area contributed by atoms with Crippen LogP contribution in [0.25, 0.3) is 0 Å². The molecule has 1 aliphatic rings. The van der Waals surface area contributed by atoms with Gasteiger partial charge in [-0.25, -0.2) is 0 Å². The minimum Gasteiger partial charge on any atom is -0.328 e. The van der Waals surface area contributed by atoms with Gasteiger partial charge in [-0.2, -0.15) is 0 Å². The highest BCUT2D eigenvalue weighted by Crippen LogP contribution is 2.30. The fraction of sp³-hybridized carbons (Fsp3) is 0.292. The zero-order valence-electron chi connectivity index (χ0n) is 17.1. The molecule has 0 spiro atoms. The molecule has 0 saturated heterocycles. The van der Waals surface area contributed by atoms with Crippen LogP contribution in [0, 0.1) is 0 Å². The Hall–Kier alpha value is -2.30. The fourth-order valence-corrected chi connectivity index (χ4v) is 3.72. The molecule has 0 saturated carbocycles. The molecule has 1 aromatic rings. The fourth-order valence-electron chi connectivity index (χ4n) is 3.14. The molecule has 28 heavy (non-hydrogen) atoms. The van der Waals surface area contributed by atoms with Crippen molar-refractivity contribution in [2.75, 3.05) is 19.6 Å². The van der Waals surface area contributed by atoms with Gasteiger partial charge in [-0.3, -0.25) is 4.99 Å². The summed E-state index contributed by atoms with van der Waals surface area (Å²) in [5.74, 6) is 0.960. The first-order valence-electron chi connectivity index (χ1n) is 9.69. The second-order valence-corrected chi connectivity index (χ2v) is 7.47. The molecular formula is C24H31N3S. The molecule has 1 N–H and O–H groups in total. The summed E-state index contributed by atoms with van der Waals surface area (Å²) in [5, 5.41) is 5.59. The van der Waals surface area contributed by atoms with E-state index in [1.165, 1.54) is 16.8 Å². The molecule has 1 aliphatic heterocycles. The highest BCUT2D eigenvalue weighted by molar-refractivity contribution is 8.06. The Bertz CT molecular complexity index is 787. The first-order chi connectivity index (χ1) is 13.6. The number of hydrogen-bond donors (Lipinski definition) is 1. The van der Waals surface area contributed by atoms with E-state index >= 15 is 0 Å². The van der Waals surface area contributed by atoms with Crippen LogP contribution in [0.4, 0.5) is 0 Å². The number of benzene rings is 1. The van der Waals surface area contributed by atoms with Crippen molar-refractivity contribution in [1.82, 2.24) is 10.2 Å². The van der Waals surface area contributed by atoms with Gasteiger partial charge in [0.05, 0.1) is 6.54 Å². The van der Waals surface area contributed by atoms with Gasteiger partial charge in [0.1, 0.15) is 5.84 Å². The van der Waals surface area contributed by atoms with Crippen molar-refractivity contribution in [3.05, 3.63) is 94.9 Å². The molecule has 0 aromatic heterocycles. The molecule has 148 valence electrons. The van der Waals surface area contributed by atoms with Crippen LogP contribution in [0.5, 0.6) is 0 Å². The Morgan fingerprint density at radius 1 is 1.29 bits per heavy atom. The topological polar surface area (TPSA) is 27.6 Å². The molecule has 3 nitrogen and oxygen atoms in total. The van der Waals surface area contributed by atoms with Gasteiger partial charge >= 0.3 is 0 Å². The summed E-state index contributed by atoms with van der Waals surface area (Å²) in [6.07, 6.45) is 4.76. The molecule has 1 aromatic carbocycles. The van der Waals surface area contributed by atoms with Crippen molar-refractivity contribution in [1.29, 1.82) is 0 Å². The van der Waals surface area contributed by atoms with Crippen molar-refractivity contribution in [3.8, 4) is 0 Å². The first kappa shape index (κ1) is 22.0. The predicted octanol–water partition coefficient (Wildman–Crippen LogP) is 5.68. The van der Waals surface area contributed by atoms with E-state index in [2.05, 4.69) is 61.1 Å². The molecule has 0 bridgehead atoms. The Balaban J connectivity index is 2.14. The number of aliphatic imine (C=N–C) groups is 1. The summed E-state index contributed by atoms with van der Waals surface area (Å²) in [5.41, 5.74) is 4.68. The van der Waals surface area contributed by atoms with E-state index in [0.29, 0.717) is 6.54 Å². The lowest BCUT2D eigenvalue weighted by Gasteiger charge is -2.34. The zero-order chi connectivity index (χ0) is 20.4. The minimum atomic E-state index is 0.632. The third-order valence-electron chi connectivity index (χ3n) is 4.57. The third-order valence-corrected chi connectivity index (χ3v) is 5.44. The van der Waals surface area contributed by atoms with Crippen LogP contribution in [-0.4, -0.2) is 30.4 Å². The lowest BCUT2D eigenvalue weighted by atomic mass is 10.0. The van der Waals surface area contributed by atoms with E-state index in [1.54, 1.807) is 11.8 Å². The number of thioether (sulfide) groups is 1. The monoisotopic (exact) mass is 393 g/mol. The van der Waals surface area contributed by atoms with E-state index in [-0.39, 0.29) is 0 Å². The summed E-state index contributed by atoms with van der Waals surface area (Å²) in [6.45, 7) is 19.7. The summed E-state index contributed by atoms with van der Waals surface area (Å²) < 4.78 is 0. The highest BCUT2D eigenvalue weighted by atomic mass is 32.2. The van der Waals surface area contributed by atoms with Gasteiger partial charge in [-0.15, -0.1) is 0 Å². The maximum absolute atomic E-state index is 4.84. The normalized spacial score (nSPS) is 14.4. The minimum absolute atomic E-state index is 0.632. The van der Waals surface area contributed by atoms with Gasteiger partial charge in [0.15, 0.2) is 0 Å². The quantitative estimate of drug-likeness (QED) is 0.387. The van der Waals surface area contributed by atoms with Crippen LogP contribution < -0.4 is 5.32 Å². The van der Waals surface area contributed by atoms with Crippen LogP contribution in [0.1, 0.15) is 25.8 Å². The number of nitrogens with one attached hydrogen (secondary N) is 1. The van der Waals surface area contributed by atoms with Gasteiger partial charge in [-0.1, -0.05) is 80.9 Å². The molecule has 2 rings (SSSR count). The molecule has 4 heteroatoms. The second kappa shape index (κ2) is 11.5. The Morgan fingerprint density at radius 2 is 2.04 bits per heavy atom. The first-order valence-corrected chi connectivity index (χ1v) is 10.6. The summed E-state index contributed by atoms with van der Waals surface area (Å²) in [4.78, 5) is 8.11. The van der Waals surface area contributed by atoms with Crippen molar-refractivity contribution < 1.29 is 0 Å². The largest absolute Gasteiger partial charge is 0.328 e. The van der Waals surface area contributed by atoms with Gasteiger partial charge in [0.25, 0.3) is 0 Å². The van der Waals surface area contributed by atoms with Crippen LogP contribution in [-0.2, 0) is 6.54 Å². The van der Waals surface area contributed by atoms with Crippen LogP contribution in [0.15, 0.2) is 94.4 Å². The molecule has 0 aliphatic carbocycles. The number of nitrogens with zero attached hydrogens (tertiary/aromatic N) is 2. The Labute approximate surface area is 174 Å². The van der Waals surface area contributed by atoms with E-state index in [9.17, 15) is 0 Å². The second-order valence-electron chi connectivity index (χ2n) is 6.47. The highest BCUT2D eigenvalue weighted by Gasteiger charge is 2.25. The SMILES string of the molecule is C=CC(=C)C1=C(CC)N(CCNCc2ccccc2)C(C(=C)S/C=C\C)=NC1. The summed E-state index contributed by atoms with van der Waals surface area (Å²) in [6, 6.07) is 10.5. The van der Waals surface area contributed by atoms with Crippen molar-refractivity contribution in [3.63, 3.8) is 0 Å². The van der Waals surface area contributed by atoms with Crippen molar-refractivity contribution in [2.24, 2.45) is 4.99 Å². The van der Waals surface area contributed by atoms with Gasteiger partial charge in [0, 0.05) is 30.2 Å². The molecule has 0 fully saturated rings. The molecule has 0 unspecified atom stereocenters. The van der Waals surface area contributed by atoms with Crippen LogP contribution >= 0.6 is 11.8 Å². The lowest BCUT2D eigenvalue weighted by molar-refractivity contribution is 0.463. The van der Waals surface area contributed by atoms with Crippen molar-refractivity contribution in [2.45, 2.75) is 26.8 Å². The summed E-state index contributed by atoms with van der Waals surface area (Å²) >= 11 is 1.62. The van der Waals surface area contributed by atoms with Crippen molar-refractivity contribution >= 4 is 17.6 Å². The van der Waals surface area contributed by atoms with E-state index in [0.717, 1.165) is 42.4 Å². The molecule has 0 radical (unpaired) electrons. The van der Waals surface area contributed by atoms with Gasteiger partial charge < -0.3 is 10.2 Å². The maximum Gasteiger partial charge on any atom is 0.141 e. The molecular weight excluding hydrogens is 362 g/mol. The van der Waals surface area contributed by atoms with E-state index in [4.69, 9.17) is 4.99 Å². The molecule has 1 heterocycles. The van der Waals surface area contributed by atoms with E-state index < -0.39 is 0 Å². The number of rotatable bonds is 11. The van der Waals surface area contributed by atoms with Gasteiger partial charge in [0.2, 0.25) is 0 Å². The number of amidine groups is 1. The van der Waals surface area contributed by atoms with Gasteiger partial charge in [-0.05, 0) is 35.5 Å². The van der Waals surface area contributed by atoms with Crippen LogP contribution in [0.2, 0.25) is 0 Å². The predicted molar refractivity (Wildman–Crippen MR) is 125 cm³/mol. The Kier molecular flexibility index (Phi) is 9.05. The molecule has 0 atom stereocenters. The maximum atomic E-state index is 4.84. The number of allylic oxidation sites excluding steroid dienone is 3. The Morgan fingerprint density at radius 3 is 2.68 bits per heavy atom. The smallest absolute Gasteiger partial charge is 0.141 e. The molecule has 0 amide bonds. The average Bonchev–Trinajstić information content (AvgIpc) is 2.74. The standard InChI is InChI=1S/C24H31N3S/c1-6-16-28-20(5)24-26-18-22(19(4)7-2)23(8-3)27(24)15-14-25-17-21-12-10-9-11-13-21/h6-7,9-13,16,25H,2,4-5,8,14-15,17-18H2,1,3H3/b16-6-. The number of hydrogen-bond acceptors (Lipinski definition) is 4. The average molecular weight is 394 g/mol. The lowest BCUT2D eigenvalue weighted by Crippen LogP contribution is -2.39. The van der Waals surface area contributed by atoms with Crippen LogP contribution in [0.3, 0.4) is 0 Å². The summed E-state index contributed by atoms with van der Waals surface area (Å²) in [7, 11) is 0. The zero-order valence-corrected chi connectivity index (χ0v) is 17.9. The van der Waals surface area contributed by atoms with E-state index in [1.807, 2.05) is 30.6 Å². The third kappa shape index (κ3) is 5.85.